The Bertz CT molecular complexity index is 516. The number of ether oxygens (including phenoxy) is 1. The molecule has 1 aliphatic carbocycles. The van der Waals surface area contributed by atoms with E-state index in [9.17, 15) is 9.59 Å². The predicted octanol–water partition coefficient (Wildman–Crippen LogP) is 0.378. The largest absolute Gasteiger partial charge is 0.377 e. The van der Waals surface area contributed by atoms with Crippen molar-refractivity contribution in [3.63, 3.8) is 0 Å². The zero-order chi connectivity index (χ0) is 13.9. The molecular formula is C14H17N3O3. The molecule has 6 heteroatoms. The van der Waals surface area contributed by atoms with Gasteiger partial charge in [-0.1, -0.05) is 0 Å². The number of carbonyl (C=O) groups excluding carboxylic acids is 2. The second-order valence-corrected chi connectivity index (χ2v) is 5.10. The van der Waals surface area contributed by atoms with Gasteiger partial charge in [0.05, 0.1) is 18.8 Å². The number of morpholine rings is 1. The highest BCUT2D eigenvalue weighted by Gasteiger charge is 2.34. The topological polar surface area (TPSA) is 71.5 Å². The summed E-state index contributed by atoms with van der Waals surface area (Å²) < 4.78 is 5.41. The van der Waals surface area contributed by atoms with Gasteiger partial charge >= 0.3 is 0 Å². The van der Waals surface area contributed by atoms with Crippen LogP contribution < -0.4 is 10.2 Å². The van der Waals surface area contributed by atoms with Gasteiger partial charge in [0, 0.05) is 18.8 Å². The quantitative estimate of drug-likeness (QED) is 0.804. The summed E-state index contributed by atoms with van der Waals surface area (Å²) in [5.41, 5.74) is 0.499. The van der Waals surface area contributed by atoms with E-state index in [0.29, 0.717) is 37.2 Å². The highest BCUT2D eigenvalue weighted by molar-refractivity contribution is 5.89. The molecule has 1 unspecified atom stereocenters. The summed E-state index contributed by atoms with van der Waals surface area (Å²) in [6.45, 7) is 1.41. The van der Waals surface area contributed by atoms with E-state index in [1.54, 1.807) is 18.3 Å². The monoisotopic (exact) mass is 275 g/mol. The van der Waals surface area contributed by atoms with Gasteiger partial charge in [0.2, 0.25) is 5.91 Å². The van der Waals surface area contributed by atoms with Crippen LogP contribution in [0.4, 0.5) is 5.82 Å². The minimum absolute atomic E-state index is 0.0466. The molecule has 0 spiro atoms. The van der Waals surface area contributed by atoms with E-state index in [4.69, 9.17) is 4.74 Å². The molecule has 3 rings (SSSR count). The number of hydrogen-bond donors (Lipinski definition) is 1. The average molecular weight is 275 g/mol. The summed E-state index contributed by atoms with van der Waals surface area (Å²) in [5.74, 6) is 0.511. The minimum atomic E-state index is -0.419. The van der Waals surface area contributed by atoms with E-state index < -0.39 is 6.04 Å². The number of carbonyl (C=O) groups is 2. The first-order valence-electron chi connectivity index (χ1n) is 6.84. The highest BCUT2D eigenvalue weighted by Crippen LogP contribution is 2.23. The summed E-state index contributed by atoms with van der Waals surface area (Å²) in [7, 11) is 0. The standard InChI is InChI=1S/C14H17N3O3/c18-8-10-2-1-5-15-13(10)17-6-7-20-9-12(17)14(19)16-11-3-4-11/h1-2,5,8,11-12H,3-4,6-7,9H2,(H,16,19). The number of aldehydes is 1. The summed E-state index contributed by atoms with van der Waals surface area (Å²) in [6.07, 6.45) is 4.49. The molecule has 1 N–H and O–H groups in total. The van der Waals surface area contributed by atoms with E-state index in [-0.39, 0.29) is 5.91 Å². The van der Waals surface area contributed by atoms with E-state index in [1.165, 1.54) is 0 Å². The van der Waals surface area contributed by atoms with Gasteiger partial charge in [-0.3, -0.25) is 9.59 Å². The van der Waals surface area contributed by atoms with Crippen LogP contribution in [0.2, 0.25) is 0 Å². The molecule has 0 radical (unpaired) electrons. The fourth-order valence-corrected chi connectivity index (χ4v) is 2.34. The Balaban J connectivity index is 1.83. The van der Waals surface area contributed by atoms with Crippen LogP contribution in [0.3, 0.4) is 0 Å². The number of anilines is 1. The third kappa shape index (κ3) is 2.65. The lowest BCUT2D eigenvalue weighted by Crippen LogP contribution is -2.55. The summed E-state index contributed by atoms with van der Waals surface area (Å²) >= 11 is 0. The van der Waals surface area contributed by atoms with Crippen molar-refractivity contribution in [3.05, 3.63) is 23.9 Å². The van der Waals surface area contributed by atoms with Gasteiger partial charge in [0.25, 0.3) is 0 Å². The normalized spacial score (nSPS) is 22.4. The van der Waals surface area contributed by atoms with Crippen LogP contribution in [0.15, 0.2) is 18.3 Å². The molecule has 1 aromatic rings. The van der Waals surface area contributed by atoms with Gasteiger partial charge in [-0.15, -0.1) is 0 Å². The summed E-state index contributed by atoms with van der Waals surface area (Å²) in [5, 5.41) is 2.98. The van der Waals surface area contributed by atoms with E-state index >= 15 is 0 Å². The smallest absolute Gasteiger partial charge is 0.245 e. The van der Waals surface area contributed by atoms with Gasteiger partial charge in [0.1, 0.15) is 11.9 Å². The van der Waals surface area contributed by atoms with Crippen molar-refractivity contribution >= 4 is 18.0 Å². The molecule has 0 bridgehead atoms. The van der Waals surface area contributed by atoms with E-state index in [1.807, 2.05) is 4.90 Å². The lowest BCUT2D eigenvalue weighted by Gasteiger charge is -2.35. The third-order valence-electron chi connectivity index (χ3n) is 3.57. The van der Waals surface area contributed by atoms with Crippen molar-refractivity contribution in [2.24, 2.45) is 0 Å². The molecule has 2 fully saturated rings. The second-order valence-electron chi connectivity index (χ2n) is 5.10. The molecule has 1 atom stereocenters. The van der Waals surface area contributed by atoms with E-state index in [2.05, 4.69) is 10.3 Å². The number of rotatable bonds is 4. The lowest BCUT2D eigenvalue weighted by atomic mass is 10.1. The molecule has 1 saturated carbocycles. The zero-order valence-corrected chi connectivity index (χ0v) is 11.1. The first kappa shape index (κ1) is 13.1. The first-order valence-corrected chi connectivity index (χ1v) is 6.84. The zero-order valence-electron chi connectivity index (χ0n) is 11.1. The van der Waals surface area contributed by atoms with Gasteiger partial charge in [0.15, 0.2) is 6.29 Å². The number of nitrogens with one attached hydrogen (secondary N) is 1. The number of pyridine rings is 1. The van der Waals surface area contributed by atoms with Crippen LogP contribution in [0.5, 0.6) is 0 Å². The number of aromatic nitrogens is 1. The maximum Gasteiger partial charge on any atom is 0.245 e. The molecular weight excluding hydrogens is 258 g/mol. The molecule has 1 saturated heterocycles. The average Bonchev–Trinajstić information content (AvgIpc) is 3.31. The maximum absolute atomic E-state index is 12.3. The van der Waals surface area contributed by atoms with Gasteiger partial charge in [-0.2, -0.15) is 0 Å². The molecule has 1 aliphatic heterocycles. The molecule has 1 aromatic heterocycles. The Labute approximate surface area is 117 Å². The summed E-state index contributed by atoms with van der Waals surface area (Å²) in [6, 6.07) is 3.31. The molecule has 2 aliphatic rings. The Hall–Kier alpha value is -1.95. The Morgan fingerprint density at radius 2 is 2.35 bits per heavy atom. The van der Waals surface area contributed by atoms with Gasteiger partial charge < -0.3 is 15.0 Å². The van der Waals surface area contributed by atoms with Crippen molar-refractivity contribution in [1.29, 1.82) is 0 Å². The van der Waals surface area contributed by atoms with Crippen molar-refractivity contribution < 1.29 is 14.3 Å². The maximum atomic E-state index is 12.3. The first-order chi connectivity index (χ1) is 9.79. The van der Waals surface area contributed by atoms with Crippen LogP contribution in [0.25, 0.3) is 0 Å². The Kier molecular flexibility index (Phi) is 3.64. The predicted molar refractivity (Wildman–Crippen MR) is 72.7 cm³/mol. The van der Waals surface area contributed by atoms with Crippen molar-refractivity contribution in [2.45, 2.75) is 24.9 Å². The van der Waals surface area contributed by atoms with Crippen molar-refractivity contribution in [1.82, 2.24) is 10.3 Å². The second kappa shape index (κ2) is 5.58. The van der Waals surface area contributed by atoms with Crippen LogP contribution in [-0.2, 0) is 9.53 Å². The summed E-state index contributed by atoms with van der Waals surface area (Å²) in [4.78, 5) is 29.5. The number of hydrogen-bond acceptors (Lipinski definition) is 5. The van der Waals surface area contributed by atoms with Gasteiger partial charge in [-0.25, -0.2) is 4.98 Å². The molecule has 106 valence electrons. The number of amides is 1. The molecule has 0 aromatic carbocycles. The molecule has 1 amide bonds. The minimum Gasteiger partial charge on any atom is -0.377 e. The third-order valence-corrected chi connectivity index (χ3v) is 3.57. The van der Waals surface area contributed by atoms with Crippen molar-refractivity contribution in [2.75, 3.05) is 24.7 Å². The lowest BCUT2D eigenvalue weighted by molar-refractivity contribution is -0.124. The fraction of sp³-hybridized carbons (Fsp3) is 0.500. The molecule has 2 heterocycles. The van der Waals surface area contributed by atoms with Crippen LogP contribution in [0.1, 0.15) is 23.2 Å². The van der Waals surface area contributed by atoms with Crippen LogP contribution in [-0.4, -0.2) is 49.0 Å². The van der Waals surface area contributed by atoms with Gasteiger partial charge in [-0.05, 0) is 25.0 Å². The molecule has 6 nitrogen and oxygen atoms in total. The number of nitrogens with zero attached hydrogens (tertiary/aromatic N) is 2. The van der Waals surface area contributed by atoms with Crippen LogP contribution in [0, 0.1) is 0 Å². The Morgan fingerprint density at radius 3 is 3.10 bits per heavy atom. The van der Waals surface area contributed by atoms with Crippen molar-refractivity contribution in [3.8, 4) is 0 Å². The van der Waals surface area contributed by atoms with E-state index in [0.717, 1.165) is 19.1 Å². The SMILES string of the molecule is O=Cc1cccnc1N1CCOCC1C(=O)NC1CC1. The highest BCUT2D eigenvalue weighted by atomic mass is 16.5. The molecule has 20 heavy (non-hydrogen) atoms. The van der Waals surface area contributed by atoms with Crippen LogP contribution >= 0.6 is 0 Å². The fourth-order valence-electron chi connectivity index (χ4n) is 2.34. The Morgan fingerprint density at radius 1 is 1.50 bits per heavy atom.